The van der Waals surface area contributed by atoms with Gasteiger partial charge < -0.3 is 10.5 Å². The van der Waals surface area contributed by atoms with E-state index >= 15 is 0 Å². The van der Waals surface area contributed by atoms with Crippen LogP contribution in [-0.2, 0) is 4.79 Å². The molecular weight excluding hydrogens is 382 g/mol. The second-order valence-corrected chi connectivity index (χ2v) is 6.01. The van der Waals surface area contributed by atoms with E-state index in [2.05, 4.69) is 26.5 Å². The molecule has 0 heterocycles. The normalized spacial score (nSPS) is 11.2. The highest BCUT2D eigenvalue weighted by molar-refractivity contribution is 9.10. The lowest BCUT2D eigenvalue weighted by Crippen LogP contribution is -2.25. The predicted octanol–water partition coefficient (Wildman–Crippen LogP) is 3.60. The molecule has 0 bridgehead atoms. The van der Waals surface area contributed by atoms with Crippen molar-refractivity contribution >= 4 is 44.8 Å². The van der Waals surface area contributed by atoms with Crippen LogP contribution in [0.15, 0.2) is 52.0 Å². The third kappa shape index (κ3) is 5.26. The van der Waals surface area contributed by atoms with E-state index in [1.807, 2.05) is 12.1 Å². The lowest BCUT2D eigenvalue weighted by molar-refractivity contribution is -0.123. The molecule has 0 saturated carbocycles. The third-order valence-electron chi connectivity index (χ3n) is 2.93. The van der Waals surface area contributed by atoms with Gasteiger partial charge >= 0.3 is 0 Å². The van der Waals surface area contributed by atoms with Gasteiger partial charge in [0.2, 0.25) is 0 Å². The zero-order valence-electron chi connectivity index (χ0n) is 12.3. The second-order valence-electron chi connectivity index (χ2n) is 4.72. The first kappa shape index (κ1) is 17.3. The minimum atomic E-state index is -0.360. The number of rotatable bonds is 5. The molecule has 7 heteroatoms. The predicted molar refractivity (Wildman–Crippen MR) is 95.9 cm³/mol. The van der Waals surface area contributed by atoms with Crippen LogP contribution in [0.2, 0.25) is 5.02 Å². The maximum atomic E-state index is 11.8. The number of nitrogen functional groups attached to an aromatic ring is 1. The van der Waals surface area contributed by atoms with Crippen LogP contribution in [0.5, 0.6) is 5.75 Å². The summed E-state index contributed by atoms with van der Waals surface area (Å²) >= 11 is 9.16. The van der Waals surface area contributed by atoms with Gasteiger partial charge in [0, 0.05) is 10.7 Å². The van der Waals surface area contributed by atoms with E-state index in [4.69, 9.17) is 22.1 Å². The van der Waals surface area contributed by atoms with E-state index in [-0.39, 0.29) is 12.5 Å². The molecule has 2 aromatic rings. The molecule has 23 heavy (non-hydrogen) atoms. The molecule has 0 unspecified atom stereocenters. The van der Waals surface area contributed by atoms with Crippen LogP contribution in [0.4, 0.5) is 5.69 Å². The Bertz CT molecular complexity index is 733. The van der Waals surface area contributed by atoms with E-state index < -0.39 is 0 Å². The van der Waals surface area contributed by atoms with Crippen molar-refractivity contribution in [3.63, 3.8) is 0 Å². The molecule has 0 aliphatic carbocycles. The average molecular weight is 397 g/mol. The van der Waals surface area contributed by atoms with Crippen molar-refractivity contribution in [1.82, 2.24) is 5.43 Å². The summed E-state index contributed by atoms with van der Waals surface area (Å²) in [6.07, 6.45) is 0. The largest absolute Gasteiger partial charge is 0.483 e. The second kappa shape index (κ2) is 7.99. The molecule has 1 amide bonds. The minimum absolute atomic E-state index is 0.154. The molecule has 2 aromatic carbocycles. The fraction of sp³-hybridized carbons (Fsp3) is 0.125. The van der Waals surface area contributed by atoms with Gasteiger partial charge in [0.25, 0.3) is 5.91 Å². The number of hydrazone groups is 1. The van der Waals surface area contributed by atoms with Crippen LogP contribution in [-0.4, -0.2) is 18.2 Å². The molecule has 120 valence electrons. The maximum Gasteiger partial charge on any atom is 0.277 e. The number of carbonyl (C=O) groups excluding carboxylic acids is 1. The molecule has 2 rings (SSSR count). The number of nitrogens with two attached hydrogens (primary N) is 1. The Balaban J connectivity index is 1.89. The van der Waals surface area contributed by atoms with Gasteiger partial charge in [0.15, 0.2) is 6.61 Å². The van der Waals surface area contributed by atoms with Crippen LogP contribution < -0.4 is 15.9 Å². The minimum Gasteiger partial charge on any atom is -0.483 e. The van der Waals surface area contributed by atoms with Crippen molar-refractivity contribution in [2.45, 2.75) is 6.92 Å². The van der Waals surface area contributed by atoms with Gasteiger partial charge in [-0.1, -0.05) is 23.7 Å². The standard InChI is InChI=1S/C16H15BrClN3O2/c1-10(11-2-5-13(19)6-3-11)20-21-16(22)9-23-15-7-4-12(18)8-14(15)17/h2-8H,9,19H2,1H3,(H,21,22). The summed E-state index contributed by atoms with van der Waals surface area (Å²) in [4.78, 5) is 11.8. The molecule has 0 saturated heterocycles. The maximum absolute atomic E-state index is 11.8. The molecule has 0 atom stereocenters. The van der Waals surface area contributed by atoms with Crippen LogP contribution in [0, 0.1) is 0 Å². The van der Waals surface area contributed by atoms with Crippen LogP contribution in [0.3, 0.4) is 0 Å². The molecule has 0 aliphatic rings. The molecule has 0 aliphatic heterocycles. The Morgan fingerprint density at radius 3 is 2.65 bits per heavy atom. The molecular formula is C16H15BrClN3O2. The molecule has 3 N–H and O–H groups in total. The number of hydrogen-bond acceptors (Lipinski definition) is 4. The summed E-state index contributed by atoms with van der Waals surface area (Å²) in [5.74, 6) is 0.172. The van der Waals surface area contributed by atoms with Crippen molar-refractivity contribution in [3.05, 3.63) is 57.5 Å². The fourth-order valence-electron chi connectivity index (χ4n) is 1.70. The van der Waals surface area contributed by atoms with Gasteiger partial charge in [0.05, 0.1) is 10.2 Å². The number of halogens is 2. The molecule has 5 nitrogen and oxygen atoms in total. The van der Waals surface area contributed by atoms with Crippen molar-refractivity contribution in [3.8, 4) is 5.75 Å². The van der Waals surface area contributed by atoms with Crippen LogP contribution in [0.25, 0.3) is 0 Å². The highest BCUT2D eigenvalue weighted by Crippen LogP contribution is 2.27. The first-order valence-electron chi connectivity index (χ1n) is 6.72. The zero-order valence-corrected chi connectivity index (χ0v) is 14.7. The van der Waals surface area contributed by atoms with Gasteiger partial charge in [0.1, 0.15) is 5.75 Å². The summed E-state index contributed by atoms with van der Waals surface area (Å²) in [5, 5.41) is 4.62. The van der Waals surface area contributed by atoms with E-state index in [1.165, 1.54) is 0 Å². The van der Waals surface area contributed by atoms with Gasteiger partial charge in [-0.3, -0.25) is 4.79 Å². The summed E-state index contributed by atoms with van der Waals surface area (Å²) in [6, 6.07) is 12.3. The number of nitrogens with one attached hydrogen (secondary N) is 1. The van der Waals surface area contributed by atoms with E-state index in [0.717, 1.165) is 5.56 Å². The number of nitrogens with zero attached hydrogens (tertiary/aromatic N) is 1. The fourth-order valence-corrected chi connectivity index (χ4v) is 2.50. The molecule has 0 radical (unpaired) electrons. The number of hydrogen-bond donors (Lipinski definition) is 2. The summed E-state index contributed by atoms with van der Waals surface area (Å²) in [5.41, 5.74) is 10.3. The number of carbonyl (C=O) groups is 1. The van der Waals surface area contributed by atoms with Crippen LogP contribution in [0.1, 0.15) is 12.5 Å². The Kier molecular flexibility index (Phi) is 6.01. The monoisotopic (exact) mass is 395 g/mol. The Morgan fingerprint density at radius 1 is 1.30 bits per heavy atom. The van der Waals surface area contributed by atoms with Crippen LogP contribution >= 0.6 is 27.5 Å². The first-order valence-corrected chi connectivity index (χ1v) is 7.89. The highest BCUT2D eigenvalue weighted by atomic mass is 79.9. The lowest BCUT2D eigenvalue weighted by Gasteiger charge is -2.08. The lowest BCUT2D eigenvalue weighted by atomic mass is 10.1. The summed E-state index contributed by atoms with van der Waals surface area (Å²) in [7, 11) is 0. The number of amides is 1. The molecule has 0 spiro atoms. The van der Waals surface area contributed by atoms with E-state index in [0.29, 0.717) is 26.6 Å². The quantitative estimate of drug-likeness (QED) is 0.460. The smallest absolute Gasteiger partial charge is 0.277 e. The van der Waals surface area contributed by atoms with Crippen molar-refractivity contribution in [2.24, 2.45) is 5.10 Å². The summed E-state index contributed by atoms with van der Waals surface area (Å²) in [6.45, 7) is 1.64. The van der Waals surface area contributed by atoms with E-state index in [1.54, 1.807) is 37.3 Å². The molecule has 0 aromatic heterocycles. The summed E-state index contributed by atoms with van der Waals surface area (Å²) < 4.78 is 6.08. The zero-order chi connectivity index (χ0) is 16.8. The third-order valence-corrected chi connectivity index (χ3v) is 3.78. The van der Waals surface area contributed by atoms with Gasteiger partial charge in [-0.05, 0) is 58.7 Å². The number of anilines is 1. The average Bonchev–Trinajstić information content (AvgIpc) is 2.52. The van der Waals surface area contributed by atoms with E-state index in [9.17, 15) is 4.79 Å². The number of ether oxygens (including phenoxy) is 1. The van der Waals surface area contributed by atoms with Gasteiger partial charge in [-0.15, -0.1) is 0 Å². The number of benzene rings is 2. The van der Waals surface area contributed by atoms with Crippen molar-refractivity contribution in [2.75, 3.05) is 12.3 Å². The first-order chi connectivity index (χ1) is 11.0. The Hall–Kier alpha value is -2.05. The van der Waals surface area contributed by atoms with Crippen molar-refractivity contribution in [1.29, 1.82) is 0 Å². The Labute approximate surface area is 147 Å². The van der Waals surface area contributed by atoms with Crippen molar-refractivity contribution < 1.29 is 9.53 Å². The molecule has 0 fully saturated rings. The highest BCUT2D eigenvalue weighted by Gasteiger charge is 2.06. The Morgan fingerprint density at radius 2 is 2.00 bits per heavy atom. The topological polar surface area (TPSA) is 76.7 Å². The van der Waals surface area contributed by atoms with Gasteiger partial charge in [-0.2, -0.15) is 5.10 Å². The van der Waals surface area contributed by atoms with Gasteiger partial charge in [-0.25, -0.2) is 5.43 Å². The SMILES string of the molecule is CC(=NNC(=O)COc1ccc(Cl)cc1Br)c1ccc(N)cc1.